The first-order chi connectivity index (χ1) is 34.1. The van der Waals surface area contributed by atoms with E-state index < -0.39 is 0 Å². The Labute approximate surface area is 414 Å². The van der Waals surface area contributed by atoms with Crippen LogP contribution < -0.4 is 4.90 Å². The highest BCUT2D eigenvalue weighted by molar-refractivity contribution is 5.91. The van der Waals surface area contributed by atoms with Crippen molar-refractivity contribution in [3.63, 3.8) is 0 Å². The number of fused-ring (bicyclic) bond motifs is 3. The summed E-state index contributed by atoms with van der Waals surface area (Å²) in [6.07, 6.45) is 27.5. The van der Waals surface area contributed by atoms with Crippen molar-refractivity contribution in [2.24, 2.45) is 0 Å². The summed E-state index contributed by atoms with van der Waals surface area (Å²) in [5, 5.41) is 0. The van der Waals surface area contributed by atoms with Crippen molar-refractivity contribution in [3.8, 4) is 33.4 Å². The second-order valence-electron chi connectivity index (χ2n) is 22.2. The minimum Gasteiger partial charge on any atom is -0.310 e. The molecule has 4 fully saturated rings. The predicted molar refractivity (Wildman–Crippen MR) is 293 cm³/mol. The number of hydrogen-bond donors (Lipinski definition) is 0. The lowest BCUT2D eigenvalue weighted by molar-refractivity contribution is 0.404. The molecule has 0 bridgehead atoms. The Morgan fingerprint density at radius 3 is 1.49 bits per heavy atom. The molecule has 350 valence electrons. The van der Waals surface area contributed by atoms with Gasteiger partial charge in [0.1, 0.15) is 0 Å². The summed E-state index contributed by atoms with van der Waals surface area (Å²) in [7, 11) is 0. The highest BCUT2D eigenvalue weighted by Gasteiger charge is 2.41. The molecule has 69 heavy (non-hydrogen) atoms. The molecule has 5 aliphatic carbocycles. The molecule has 0 aromatic heterocycles. The molecule has 4 saturated carbocycles. The number of rotatable bonds is 10. The van der Waals surface area contributed by atoms with Crippen molar-refractivity contribution in [3.05, 3.63) is 197 Å². The Morgan fingerprint density at radius 1 is 0.362 bits per heavy atom. The minimum absolute atomic E-state index is 0.294. The third-order valence-corrected chi connectivity index (χ3v) is 18.2. The number of nitrogens with zero attached hydrogens (tertiary/aromatic N) is 1. The smallest absolute Gasteiger partial charge is 0.0540 e. The molecule has 0 radical (unpaired) electrons. The quantitative estimate of drug-likeness (QED) is 0.132. The molecule has 1 unspecified atom stereocenters. The summed E-state index contributed by atoms with van der Waals surface area (Å²) in [6, 6.07) is 61.6. The Morgan fingerprint density at radius 2 is 0.870 bits per heavy atom. The molecule has 0 spiro atoms. The van der Waals surface area contributed by atoms with E-state index in [1.165, 1.54) is 201 Å². The largest absolute Gasteiger partial charge is 0.310 e. The molecule has 0 N–H and O–H groups in total. The molecule has 7 aromatic rings. The third kappa shape index (κ3) is 8.51. The Hall–Kier alpha value is -5.66. The molecule has 1 atom stereocenters. The molecule has 0 aliphatic heterocycles. The van der Waals surface area contributed by atoms with E-state index in [1.807, 2.05) is 5.56 Å². The average molecular weight is 904 g/mol. The maximum Gasteiger partial charge on any atom is 0.0540 e. The zero-order chi connectivity index (χ0) is 46.2. The van der Waals surface area contributed by atoms with E-state index in [1.54, 1.807) is 11.1 Å². The first-order valence-corrected chi connectivity index (χ1v) is 27.7. The lowest BCUT2D eigenvalue weighted by atomic mass is 9.70. The topological polar surface area (TPSA) is 3.24 Å². The van der Waals surface area contributed by atoms with Gasteiger partial charge in [0.2, 0.25) is 0 Å². The van der Waals surface area contributed by atoms with Crippen LogP contribution >= 0.6 is 0 Å². The zero-order valence-electron chi connectivity index (χ0n) is 41.4. The van der Waals surface area contributed by atoms with Crippen molar-refractivity contribution in [1.29, 1.82) is 0 Å². The molecule has 1 nitrogen and oxygen atoms in total. The Balaban J connectivity index is 0.985. The summed E-state index contributed by atoms with van der Waals surface area (Å²) < 4.78 is 0. The second-order valence-corrected chi connectivity index (χ2v) is 22.2. The average Bonchev–Trinajstić information content (AvgIpc) is 3.69. The van der Waals surface area contributed by atoms with Crippen molar-refractivity contribution in [2.45, 2.75) is 164 Å². The second kappa shape index (κ2) is 19.6. The Kier molecular flexibility index (Phi) is 12.7. The number of anilines is 3. The van der Waals surface area contributed by atoms with E-state index in [0.29, 0.717) is 17.8 Å². The van der Waals surface area contributed by atoms with Crippen LogP contribution in [0, 0.1) is 0 Å². The standard InChI is InChI=1S/C68H73N/c1-68(56-39-35-49(36-40-56)48-21-7-2-8-22-48)64-33-19-17-32-60(64)61-44-43-58(47-65(61)68)69(66-34-20-18-31-59(66)51-23-9-3-10-24-51)57-41-37-50(38-42-57)55-45-62(52-25-11-4-12-26-52)67(54-29-15-6-16-30-54)63(46-55)53-27-13-5-14-28-53/h3,9-10,17-20,23-24,31-48,52-54H,2,4-8,11-16,21-22,25-30H2,1H3. The number of hydrogen-bond acceptors (Lipinski definition) is 1. The van der Waals surface area contributed by atoms with Gasteiger partial charge in [-0.25, -0.2) is 0 Å². The fourth-order valence-corrected chi connectivity index (χ4v) is 14.4. The van der Waals surface area contributed by atoms with Crippen LogP contribution in [0.1, 0.15) is 198 Å². The van der Waals surface area contributed by atoms with E-state index >= 15 is 0 Å². The SMILES string of the molecule is CC1(c2ccc(C3CCCCC3)cc2)c2ccccc2-c2ccc(N(c3ccc(-c4cc(C5CCCCC5)c(C5CCCCC5)c(C5CCCCC5)c4)cc3)c3ccccc3-c3ccccc3)cc21. The zero-order valence-corrected chi connectivity index (χ0v) is 41.4. The summed E-state index contributed by atoms with van der Waals surface area (Å²) in [6.45, 7) is 2.48. The van der Waals surface area contributed by atoms with Gasteiger partial charge in [-0.3, -0.25) is 0 Å². The van der Waals surface area contributed by atoms with Crippen LogP contribution in [0.15, 0.2) is 158 Å². The first-order valence-electron chi connectivity index (χ1n) is 27.7. The summed E-state index contributed by atoms with van der Waals surface area (Å²) >= 11 is 0. The van der Waals surface area contributed by atoms with Gasteiger partial charge in [0.25, 0.3) is 0 Å². The van der Waals surface area contributed by atoms with Crippen molar-refractivity contribution in [1.82, 2.24) is 0 Å². The van der Waals surface area contributed by atoms with Crippen LogP contribution in [0.25, 0.3) is 33.4 Å². The molecule has 0 heterocycles. The van der Waals surface area contributed by atoms with E-state index in [0.717, 1.165) is 5.92 Å². The van der Waals surface area contributed by atoms with Gasteiger partial charge in [0, 0.05) is 22.4 Å². The fraction of sp³-hybridized carbons (Fsp3) is 0.382. The number of benzene rings is 7. The van der Waals surface area contributed by atoms with Gasteiger partial charge >= 0.3 is 0 Å². The molecule has 12 rings (SSSR count). The lowest BCUT2D eigenvalue weighted by Crippen LogP contribution is -2.23. The van der Waals surface area contributed by atoms with Crippen LogP contribution in [0.5, 0.6) is 0 Å². The van der Waals surface area contributed by atoms with Crippen LogP contribution in [0.4, 0.5) is 17.1 Å². The highest BCUT2D eigenvalue weighted by atomic mass is 15.1. The van der Waals surface area contributed by atoms with Crippen molar-refractivity contribution in [2.75, 3.05) is 4.90 Å². The molecule has 0 amide bonds. The lowest BCUT2D eigenvalue weighted by Gasteiger charge is -2.35. The minimum atomic E-state index is -0.294. The maximum atomic E-state index is 2.71. The predicted octanol–water partition coefficient (Wildman–Crippen LogP) is 20.0. The van der Waals surface area contributed by atoms with Gasteiger partial charge < -0.3 is 4.90 Å². The molecule has 0 saturated heterocycles. The maximum absolute atomic E-state index is 2.71. The normalized spacial score (nSPS) is 20.4. The first kappa shape index (κ1) is 44.5. The molecular formula is C68H73N. The van der Waals surface area contributed by atoms with Gasteiger partial charge in [-0.05, 0) is 179 Å². The van der Waals surface area contributed by atoms with Crippen LogP contribution in [-0.2, 0) is 5.41 Å². The van der Waals surface area contributed by atoms with Crippen molar-refractivity contribution >= 4 is 17.1 Å². The monoisotopic (exact) mass is 904 g/mol. The van der Waals surface area contributed by atoms with Gasteiger partial charge in [0.15, 0.2) is 0 Å². The van der Waals surface area contributed by atoms with Gasteiger partial charge in [-0.15, -0.1) is 0 Å². The molecule has 7 aromatic carbocycles. The van der Waals surface area contributed by atoms with Crippen molar-refractivity contribution < 1.29 is 0 Å². The van der Waals surface area contributed by atoms with Gasteiger partial charge in [0.05, 0.1) is 5.69 Å². The van der Waals surface area contributed by atoms with E-state index in [9.17, 15) is 0 Å². The molecule has 1 heteroatoms. The van der Waals surface area contributed by atoms with E-state index in [4.69, 9.17) is 0 Å². The van der Waals surface area contributed by atoms with Gasteiger partial charge in [-0.2, -0.15) is 0 Å². The molecular weight excluding hydrogens is 831 g/mol. The summed E-state index contributed by atoms with van der Waals surface area (Å²) in [5.41, 5.74) is 22.2. The summed E-state index contributed by atoms with van der Waals surface area (Å²) in [4.78, 5) is 2.55. The number of para-hydroxylation sites is 1. The van der Waals surface area contributed by atoms with E-state index in [2.05, 4.69) is 170 Å². The fourth-order valence-electron chi connectivity index (χ4n) is 14.4. The summed E-state index contributed by atoms with van der Waals surface area (Å²) in [5.74, 6) is 2.84. The molecule has 5 aliphatic rings. The highest BCUT2D eigenvalue weighted by Crippen LogP contribution is 2.55. The Bertz CT molecular complexity index is 2820. The van der Waals surface area contributed by atoms with Crippen LogP contribution in [-0.4, -0.2) is 0 Å². The van der Waals surface area contributed by atoms with Crippen LogP contribution in [0.3, 0.4) is 0 Å². The van der Waals surface area contributed by atoms with Crippen LogP contribution in [0.2, 0.25) is 0 Å². The third-order valence-electron chi connectivity index (χ3n) is 18.2. The van der Waals surface area contributed by atoms with Gasteiger partial charge in [-0.1, -0.05) is 204 Å². The van der Waals surface area contributed by atoms with E-state index in [-0.39, 0.29) is 5.41 Å².